The van der Waals surface area contributed by atoms with Gasteiger partial charge in [-0.15, -0.1) is 0 Å². The van der Waals surface area contributed by atoms with E-state index < -0.39 is 0 Å². The molecule has 0 aliphatic rings. The Balaban J connectivity index is 1.67. The minimum absolute atomic E-state index is 0.185. The zero-order valence-electron chi connectivity index (χ0n) is 16.2. The summed E-state index contributed by atoms with van der Waals surface area (Å²) in [6, 6.07) is 28.6. The Morgan fingerprint density at radius 1 is 0.867 bits per heavy atom. The molecule has 0 fully saturated rings. The lowest BCUT2D eigenvalue weighted by molar-refractivity contribution is 0.102. The van der Waals surface area contributed by atoms with Crippen LogP contribution in [0, 0.1) is 0 Å². The number of benzene rings is 3. The molecule has 0 aliphatic carbocycles. The molecule has 5 heteroatoms. The molecule has 1 amide bonds. The third kappa shape index (κ3) is 4.67. The van der Waals surface area contributed by atoms with Crippen molar-refractivity contribution in [2.24, 2.45) is 0 Å². The van der Waals surface area contributed by atoms with Gasteiger partial charge in [0.1, 0.15) is 0 Å². The summed E-state index contributed by atoms with van der Waals surface area (Å²) in [5, 5.41) is 6.90. The number of para-hydroxylation sites is 1. The largest absolute Gasteiger partial charge is 0.380 e. The summed E-state index contributed by atoms with van der Waals surface area (Å²) < 4.78 is 0. The van der Waals surface area contributed by atoms with Crippen LogP contribution in [-0.4, -0.2) is 10.9 Å². The second kappa shape index (κ2) is 9.25. The zero-order valence-corrected chi connectivity index (χ0v) is 16.9. The van der Waals surface area contributed by atoms with Gasteiger partial charge >= 0.3 is 0 Å². The number of pyridine rings is 1. The Labute approximate surface area is 180 Å². The second-order valence-electron chi connectivity index (χ2n) is 6.75. The van der Waals surface area contributed by atoms with Gasteiger partial charge < -0.3 is 10.6 Å². The second-order valence-corrected chi connectivity index (χ2v) is 7.16. The fourth-order valence-corrected chi connectivity index (χ4v) is 3.38. The number of hydrogen-bond donors (Lipinski definition) is 2. The first kappa shape index (κ1) is 19.7. The van der Waals surface area contributed by atoms with Crippen molar-refractivity contribution in [3.8, 4) is 11.3 Å². The summed E-state index contributed by atoms with van der Waals surface area (Å²) >= 11 is 6.33. The van der Waals surface area contributed by atoms with Crippen molar-refractivity contribution in [1.29, 1.82) is 0 Å². The standard InChI is InChI=1S/C25H20ClN3O/c26-22-12-7-15-27-24(22)19-13-14-21(25(30)29-20-10-5-2-6-11-20)23(16-19)28-17-18-8-3-1-4-9-18/h1-16,28H,17H2,(H,29,30). The van der Waals surface area contributed by atoms with Crippen molar-refractivity contribution in [2.45, 2.75) is 6.54 Å². The van der Waals surface area contributed by atoms with Crippen LogP contribution in [0.3, 0.4) is 0 Å². The fourth-order valence-electron chi connectivity index (χ4n) is 3.15. The van der Waals surface area contributed by atoms with E-state index in [9.17, 15) is 4.79 Å². The maximum Gasteiger partial charge on any atom is 0.257 e. The molecule has 0 saturated heterocycles. The molecular weight excluding hydrogens is 394 g/mol. The predicted octanol–water partition coefficient (Wildman–Crippen LogP) is 6.27. The maximum absolute atomic E-state index is 13.0. The van der Waals surface area contributed by atoms with Crippen LogP contribution in [0.2, 0.25) is 5.02 Å². The van der Waals surface area contributed by atoms with Crippen molar-refractivity contribution in [2.75, 3.05) is 10.6 Å². The molecule has 2 N–H and O–H groups in total. The topological polar surface area (TPSA) is 54.0 Å². The van der Waals surface area contributed by atoms with Gasteiger partial charge in [0.2, 0.25) is 0 Å². The van der Waals surface area contributed by atoms with E-state index in [0.29, 0.717) is 28.5 Å². The van der Waals surface area contributed by atoms with Gasteiger partial charge in [-0.3, -0.25) is 9.78 Å². The molecule has 4 rings (SSSR count). The van der Waals surface area contributed by atoms with Crippen LogP contribution in [0.5, 0.6) is 0 Å². The van der Waals surface area contributed by atoms with E-state index >= 15 is 0 Å². The quantitative estimate of drug-likeness (QED) is 0.392. The molecule has 148 valence electrons. The van der Waals surface area contributed by atoms with E-state index in [-0.39, 0.29) is 5.91 Å². The van der Waals surface area contributed by atoms with Crippen molar-refractivity contribution in [1.82, 2.24) is 4.98 Å². The van der Waals surface area contributed by atoms with Crippen LogP contribution in [-0.2, 0) is 6.54 Å². The maximum atomic E-state index is 13.0. The van der Waals surface area contributed by atoms with Crippen LogP contribution in [0.15, 0.2) is 97.2 Å². The van der Waals surface area contributed by atoms with Crippen molar-refractivity contribution < 1.29 is 4.79 Å². The molecule has 1 aromatic heterocycles. The lowest BCUT2D eigenvalue weighted by Crippen LogP contribution is -2.15. The number of carbonyl (C=O) groups excluding carboxylic acids is 1. The molecule has 30 heavy (non-hydrogen) atoms. The Kier molecular flexibility index (Phi) is 6.06. The molecule has 0 aliphatic heterocycles. The molecular formula is C25H20ClN3O. The average Bonchev–Trinajstić information content (AvgIpc) is 2.79. The predicted molar refractivity (Wildman–Crippen MR) is 123 cm³/mol. The van der Waals surface area contributed by atoms with E-state index in [1.54, 1.807) is 24.4 Å². The van der Waals surface area contributed by atoms with Crippen LogP contribution in [0.1, 0.15) is 15.9 Å². The first-order valence-electron chi connectivity index (χ1n) is 9.60. The van der Waals surface area contributed by atoms with Crippen molar-refractivity contribution >= 4 is 28.9 Å². The van der Waals surface area contributed by atoms with Gasteiger partial charge in [0, 0.05) is 29.7 Å². The van der Waals surface area contributed by atoms with Gasteiger partial charge in [0.05, 0.1) is 16.3 Å². The lowest BCUT2D eigenvalue weighted by Gasteiger charge is -2.15. The molecule has 1 heterocycles. The average molecular weight is 414 g/mol. The van der Waals surface area contributed by atoms with E-state index in [2.05, 4.69) is 15.6 Å². The fraction of sp³-hybridized carbons (Fsp3) is 0.0400. The Morgan fingerprint density at radius 3 is 2.33 bits per heavy atom. The highest BCUT2D eigenvalue weighted by Gasteiger charge is 2.15. The van der Waals surface area contributed by atoms with Gasteiger partial charge in [-0.1, -0.05) is 66.2 Å². The monoisotopic (exact) mass is 413 g/mol. The highest BCUT2D eigenvalue weighted by molar-refractivity contribution is 6.33. The SMILES string of the molecule is O=C(Nc1ccccc1)c1ccc(-c2ncccc2Cl)cc1NCc1ccccc1. The summed E-state index contributed by atoms with van der Waals surface area (Å²) in [4.78, 5) is 17.4. The smallest absolute Gasteiger partial charge is 0.257 e. The van der Waals surface area contributed by atoms with Crippen LogP contribution in [0.4, 0.5) is 11.4 Å². The van der Waals surface area contributed by atoms with Crippen LogP contribution < -0.4 is 10.6 Å². The molecule has 4 aromatic rings. The number of halogens is 1. The molecule has 4 nitrogen and oxygen atoms in total. The number of hydrogen-bond acceptors (Lipinski definition) is 3. The van der Waals surface area contributed by atoms with E-state index in [1.165, 1.54) is 0 Å². The highest BCUT2D eigenvalue weighted by atomic mass is 35.5. The van der Waals surface area contributed by atoms with E-state index in [1.807, 2.05) is 72.8 Å². The van der Waals surface area contributed by atoms with E-state index in [0.717, 1.165) is 16.8 Å². The lowest BCUT2D eigenvalue weighted by atomic mass is 10.0. The third-order valence-corrected chi connectivity index (χ3v) is 4.96. The number of rotatable bonds is 6. The zero-order chi connectivity index (χ0) is 20.8. The highest BCUT2D eigenvalue weighted by Crippen LogP contribution is 2.30. The summed E-state index contributed by atoms with van der Waals surface area (Å²) in [6.45, 7) is 0.589. The minimum atomic E-state index is -0.185. The number of amides is 1. The van der Waals surface area contributed by atoms with Gasteiger partial charge in [0.25, 0.3) is 5.91 Å². The summed E-state index contributed by atoms with van der Waals surface area (Å²) in [6.07, 6.45) is 1.70. The molecule has 0 bridgehead atoms. The third-order valence-electron chi connectivity index (χ3n) is 4.65. The number of aromatic nitrogens is 1. The van der Waals surface area contributed by atoms with E-state index in [4.69, 9.17) is 11.6 Å². The first-order valence-corrected chi connectivity index (χ1v) is 9.97. The van der Waals surface area contributed by atoms with Gasteiger partial charge in [-0.05, 0) is 42.0 Å². The van der Waals surface area contributed by atoms with Gasteiger partial charge in [-0.2, -0.15) is 0 Å². The molecule has 0 spiro atoms. The number of nitrogens with one attached hydrogen (secondary N) is 2. The summed E-state index contributed by atoms with van der Waals surface area (Å²) in [5.74, 6) is -0.185. The van der Waals surface area contributed by atoms with Crippen LogP contribution in [0.25, 0.3) is 11.3 Å². The van der Waals surface area contributed by atoms with Crippen LogP contribution >= 0.6 is 11.6 Å². The minimum Gasteiger partial charge on any atom is -0.380 e. The normalized spacial score (nSPS) is 10.4. The first-order chi connectivity index (χ1) is 14.7. The van der Waals surface area contributed by atoms with Crippen molar-refractivity contribution in [3.63, 3.8) is 0 Å². The summed E-state index contributed by atoms with van der Waals surface area (Å²) in [5.41, 5.74) is 4.64. The molecule has 3 aromatic carbocycles. The molecule has 0 atom stereocenters. The molecule has 0 radical (unpaired) electrons. The summed E-state index contributed by atoms with van der Waals surface area (Å²) in [7, 11) is 0. The number of carbonyl (C=O) groups is 1. The molecule has 0 saturated carbocycles. The molecule has 0 unspecified atom stereocenters. The number of anilines is 2. The number of nitrogens with zero attached hydrogens (tertiary/aromatic N) is 1. The Hall–Kier alpha value is -3.63. The Morgan fingerprint density at radius 2 is 1.60 bits per heavy atom. The van der Waals surface area contributed by atoms with Crippen molar-refractivity contribution in [3.05, 3.63) is 113 Å². The van der Waals surface area contributed by atoms with Gasteiger partial charge in [0.15, 0.2) is 0 Å². The van der Waals surface area contributed by atoms with Gasteiger partial charge in [-0.25, -0.2) is 0 Å². The Bertz CT molecular complexity index is 1150.